The number of carbonyl (C=O) groups excluding carboxylic acids is 1. The van der Waals surface area contributed by atoms with Crippen molar-refractivity contribution in [3.63, 3.8) is 0 Å². The lowest BCUT2D eigenvalue weighted by Gasteiger charge is -2.17. The standard InChI is InChI=1S/C18H21N7O/c1-12-15(17(23-24(12)2)25-9-5-6-10-25)21-18(26)14-8-4-3-7-13(14)16-19-11-20-22-16/h3-4,7-8,11H,5-6,9-10H2,1-2H3,(H,21,26)(H,19,20,22). The van der Waals surface area contributed by atoms with Crippen molar-refractivity contribution in [2.45, 2.75) is 19.8 Å². The molecule has 0 spiro atoms. The summed E-state index contributed by atoms with van der Waals surface area (Å²) in [6.45, 7) is 3.90. The number of amides is 1. The Hall–Kier alpha value is -3.16. The highest BCUT2D eigenvalue weighted by molar-refractivity contribution is 6.09. The van der Waals surface area contributed by atoms with E-state index in [0.29, 0.717) is 17.0 Å². The molecule has 0 bridgehead atoms. The minimum atomic E-state index is -0.187. The van der Waals surface area contributed by atoms with Crippen LogP contribution in [0.5, 0.6) is 0 Å². The average Bonchev–Trinajstić information content (AvgIpc) is 3.40. The Bertz CT molecular complexity index is 923. The smallest absolute Gasteiger partial charge is 0.256 e. The largest absolute Gasteiger partial charge is 0.353 e. The van der Waals surface area contributed by atoms with Gasteiger partial charge in [0.25, 0.3) is 5.91 Å². The zero-order valence-electron chi connectivity index (χ0n) is 14.9. The zero-order valence-corrected chi connectivity index (χ0v) is 14.9. The van der Waals surface area contributed by atoms with Gasteiger partial charge in [-0.2, -0.15) is 10.2 Å². The fourth-order valence-corrected chi connectivity index (χ4v) is 3.29. The van der Waals surface area contributed by atoms with Gasteiger partial charge in [0, 0.05) is 25.7 Å². The molecule has 2 aromatic heterocycles. The summed E-state index contributed by atoms with van der Waals surface area (Å²) in [6, 6.07) is 7.35. The van der Waals surface area contributed by atoms with E-state index in [1.54, 1.807) is 6.07 Å². The van der Waals surface area contributed by atoms with Gasteiger partial charge in [-0.05, 0) is 25.8 Å². The monoisotopic (exact) mass is 351 g/mol. The Morgan fingerprint density at radius 1 is 1.23 bits per heavy atom. The molecule has 0 atom stereocenters. The lowest BCUT2D eigenvalue weighted by Crippen LogP contribution is -2.21. The van der Waals surface area contributed by atoms with Crippen LogP contribution in [0, 0.1) is 6.92 Å². The van der Waals surface area contributed by atoms with Crippen LogP contribution in [-0.4, -0.2) is 44.0 Å². The number of aromatic nitrogens is 5. The van der Waals surface area contributed by atoms with Crippen molar-refractivity contribution in [1.29, 1.82) is 0 Å². The Labute approximate surface area is 151 Å². The number of hydrogen-bond donors (Lipinski definition) is 2. The Morgan fingerprint density at radius 3 is 2.73 bits per heavy atom. The predicted molar refractivity (Wildman–Crippen MR) is 99.2 cm³/mol. The first-order chi connectivity index (χ1) is 12.6. The second kappa shape index (κ2) is 6.62. The van der Waals surface area contributed by atoms with Gasteiger partial charge < -0.3 is 10.2 Å². The average molecular weight is 351 g/mol. The van der Waals surface area contributed by atoms with E-state index in [4.69, 9.17) is 0 Å². The summed E-state index contributed by atoms with van der Waals surface area (Å²) in [4.78, 5) is 19.4. The van der Waals surface area contributed by atoms with Gasteiger partial charge in [-0.15, -0.1) is 0 Å². The van der Waals surface area contributed by atoms with Crippen LogP contribution in [0.15, 0.2) is 30.6 Å². The van der Waals surface area contributed by atoms with Crippen molar-refractivity contribution in [3.05, 3.63) is 41.9 Å². The first kappa shape index (κ1) is 16.3. The van der Waals surface area contributed by atoms with Gasteiger partial charge in [-0.25, -0.2) is 4.98 Å². The Kier molecular flexibility index (Phi) is 4.16. The number of carbonyl (C=O) groups is 1. The zero-order chi connectivity index (χ0) is 18.1. The van der Waals surface area contributed by atoms with Crippen LogP contribution in [0.25, 0.3) is 11.4 Å². The Morgan fingerprint density at radius 2 is 2.00 bits per heavy atom. The van der Waals surface area contributed by atoms with E-state index < -0.39 is 0 Å². The van der Waals surface area contributed by atoms with Gasteiger partial charge in [-0.1, -0.05) is 18.2 Å². The normalized spacial score (nSPS) is 14.0. The van der Waals surface area contributed by atoms with Gasteiger partial charge in [0.2, 0.25) is 0 Å². The van der Waals surface area contributed by atoms with Gasteiger partial charge in [-0.3, -0.25) is 14.6 Å². The van der Waals surface area contributed by atoms with Crippen molar-refractivity contribution >= 4 is 17.4 Å². The summed E-state index contributed by atoms with van der Waals surface area (Å²) in [5, 5.41) is 14.4. The molecule has 134 valence electrons. The Balaban J connectivity index is 1.68. The molecular weight excluding hydrogens is 330 g/mol. The van der Waals surface area contributed by atoms with Crippen LogP contribution in [0.2, 0.25) is 0 Å². The number of aryl methyl sites for hydroxylation is 1. The van der Waals surface area contributed by atoms with Gasteiger partial charge in [0.05, 0.1) is 11.3 Å². The topological polar surface area (TPSA) is 91.7 Å². The van der Waals surface area contributed by atoms with Crippen LogP contribution in [0.4, 0.5) is 11.5 Å². The van der Waals surface area contributed by atoms with E-state index in [2.05, 4.69) is 30.5 Å². The van der Waals surface area contributed by atoms with Crippen molar-refractivity contribution < 1.29 is 4.79 Å². The fraction of sp³-hybridized carbons (Fsp3) is 0.333. The minimum absolute atomic E-state index is 0.187. The fourth-order valence-electron chi connectivity index (χ4n) is 3.29. The van der Waals surface area contributed by atoms with Crippen molar-refractivity contribution in [1.82, 2.24) is 25.0 Å². The molecule has 3 aromatic rings. The summed E-state index contributed by atoms with van der Waals surface area (Å²) < 4.78 is 1.81. The highest BCUT2D eigenvalue weighted by Crippen LogP contribution is 2.31. The van der Waals surface area contributed by atoms with E-state index in [-0.39, 0.29) is 5.91 Å². The van der Waals surface area contributed by atoms with Crippen LogP contribution in [0.3, 0.4) is 0 Å². The highest BCUT2D eigenvalue weighted by Gasteiger charge is 2.24. The van der Waals surface area contributed by atoms with E-state index in [9.17, 15) is 4.79 Å². The molecule has 0 saturated carbocycles. The molecule has 1 fully saturated rings. The quantitative estimate of drug-likeness (QED) is 0.753. The number of rotatable bonds is 4. The van der Waals surface area contributed by atoms with E-state index in [1.807, 2.05) is 36.9 Å². The maximum absolute atomic E-state index is 13.0. The molecule has 8 heteroatoms. The number of nitrogens with zero attached hydrogens (tertiary/aromatic N) is 5. The summed E-state index contributed by atoms with van der Waals surface area (Å²) >= 11 is 0. The van der Waals surface area contributed by atoms with Crippen molar-refractivity contribution in [2.75, 3.05) is 23.3 Å². The van der Waals surface area contributed by atoms with Crippen LogP contribution in [-0.2, 0) is 7.05 Å². The first-order valence-electron chi connectivity index (χ1n) is 8.70. The van der Waals surface area contributed by atoms with Crippen LogP contribution in [0.1, 0.15) is 28.9 Å². The molecule has 2 N–H and O–H groups in total. The van der Waals surface area contributed by atoms with Gasteiger partial charge in [0.15, 0.2) is 11.6 Å². The summed E-state index contributed by atoms with van der Waals surface area (Å²) in [5.41, 5.74) is 2.95. The molecule has 0 aliphatic carbocycles. The van der Waals surface area contributed by atoms with Gasteiger partial charge in [0.1, 0.15) is 12.0 Å². The predicted octanol–water partition coefficient (Wildman–Crippen LogP) is 2.37. The second-order valence-electron chi connectivity index (χ2n) is 6.44. The maximum Gasteiger partial charge on any atom is 0.256 e. The molecule has 1 aliphatic heterocycles. The number of aromatic amines is 1. The van der Waals surface area contributed by atoms with E-state index in [1.165, 1.54) is 6.33 Å². The van der Waals surface area contributed by atoms with E-state index in [0.717, 1.165) is 43.1 Å². The summed E-state index contributed by atoms with van der Waals surface area (Å²) in [7, 11) is 1.90. The SMILES string of the molecule is Cc1c(NC(=O)c2ccccc2-c2ncn[nH]2)c(N2CCCC2)nn1C. The molecule has 26 heavy (non-hydrogen) atoms. The third-order valence-electron chi connectivity index (χ3n) is 4.80. The molecular formula is C18H21N7O. The molecule has 8 nitrogen and oxygen atoms in total. The highest BCUT2D eigenvalue weighted by atomic mass is 16.1. The van der Waals surface area contributed by atoms with Crippen LogP contribution < -0.4 is 10.2 Å². The van der Waals surface area contributed by atoms with Crippen molar-refractivity contribution in [3.8, 4) is 11.4 Å². The lowest BCUT2D eigenvalue weighted by molar-refractivity contribution is 0.102. The second-order valence-corrected chi connectivity index (χ2v) is 6.44. The van der Waals surface area contributed by atoms with Gasteiger partial charge >= 0.3 is 0 Å². The molecule has 1 saturated heterocycles. The molecule has 1 amide bonds. The van der Waals surface area contributed by atoms with Crippen molar-refractivity contribution in [2.24, 2.45) is 7.05 Å². The molecule has 0 radical (unpaired) electrons. The summed E-state index contributed by atoms with van der Waals surface area (Å²) in [5.74, 6) is 1.22. The molecule has 3 heterocycles. The number of benzene rings is 1. The number of nitrogens with one attached hydrogen (secondary N) is 2. The maximum atomic E-state index is 13.0. The minimum Gasteiger partial charge on any atom is -0.353 e. The third kappa shape index (κ3) is 2.83. The summed E-state index contributed by atoms with van der Waals surface area (Å²) in [6.07, 6.45) is 3.73. The third-order valence-corrected chi connectivity index (χ3v) is 4.80. The molecule has 4 rings (SSSR count). The van der Waals surface area contributed by atoms with E-state index >= 15 is 0 Å². The number of hydrogen-bond acceptors (Lipinski definition) is 5. The molecule has 1 aromatic carbocycles. The first-order valence-corrected chi connectivity index (χ1v) is 8.70. The molecule has 0 unspecified atom stereocenters. The lowest BCUT2D eigenvalue weighted by atomic mass is 10.1. The van der Waals surface area contributed by atoms with Crippen LogP contribution >= 0.6 is 0 Å². The number of H-pyrrole nitrogens is 1. The number of anilines is 2. The molecule has 1 aliphatic rings.